The molecule has 1 aliphatic rings. The Morgan fingerprint density at radius 1 is 1.04 bits per heavy atom. The van der Waals surface area contributed by atoms with Gasteiger partial charge in [-0.3, -0.25) is 24.2 Å². The summed E-state index contributed by atoms with van der Waals surface area (Å²) in [5, 5.41) is 20.4. The van der Waals surface area contributed by atoms with Crippen LogP contribution in [0.2, 0.25) is 0 Å². The minimum absolute atomic E-state index is 0.0711. The molecule has 264 valence electrons. The maximum Gasteiger partial charge on any atom is 0.389 e. The molecule has 2 heterocycles. The normalized spacial score (nSPS) is 16.8. The molecule has 15 heteroatoms. The number of hydrogen-bond acceptors (Lipinski definition) is 8. The number of benzene rings is 2. The highest BCUT2D eigenvalue weighted by molar-refractivity contribution is 7.99. The molecule has 0 aliphatic carbocycles. The maximum atomic E-state index is 13.6. The number of pyridine rings is 1. The zero-order valence-corrected chi connectivity index (χ0v) is 28.1. The summed E-state index contributed by atoms with van der Waals surface area (Å²) < 4.78 is 45.5. The van der Waals surface area contributed by atoms with E-state index >= 15 is 0 Å². The quantitative estimate of drug-likeness (QED) is 0.212. The molecule has 1 saturated heterocycles. The lowest BCUT2D eigenvalue weighted by molar-refractivity contribution is -0.147. The summed E-state index contributed by atoms with van der Waals surface area (Å²) in [4.78, 5) is 58.4. The Morgan fingerprint density at radius 3 is 2.47 bits per heavy atom. The second kappa shape index (κ2) is 16.4. The summed E-state index contributed by atoms with van der Waals surface area (Å²) in [5.74, 6) is -2.37. The molecule has 0 radical (unpaired) electrons. The molecule has 4 amide bonds. The number of aliphatic hydroxyl groups excluding tert-OH is 1. The molecule has 4 rings (SSSR count). The van der Waals surface area contributed by atoms with Crippen molar-refractivity contribution in [1.29, 1.82) is 0 Å². The van der Waals surface area contributed by atoms with Gasteiger partial charge in [-0.2, -0.15) is 13.2 Å². The monoisotopic (exact) mass is 703 g/mol. The van der Waals surface area contributed by atoms with Gasteiger partial charge in [0.1, 0.15) is 17.8 Å². The van der Waals surface area contributed by atoms with Crippen LogP contribution in [0.1, 0.15) is 39.2 Å². The summed E-state index contributed by atoms with van der Waals surface area (Å²) in [6, 6.07) is 11.5. The Labute approximate surface area is 286 Å². The molecule has 0 unspecified atom stereocenters. The Morgan fingerprint density at radius 2 is 1.78 bits per heavy atom. The van der Waals surface area contributed by atoms with Crippen molar-refractivity contribution in [1.82, 2.24) is 25.8 Å². The predicted octanol–water partition coefficient (Wildman–Crippen LogP) is 3.35. The third-order valence-electron chi connectivity index (χ3n) is 7.59. The van der Waals surface area contributed by atoms with Crippen LogP contribution in [0.4, 0.5) is 13.2 Å². The zero-order valence-electron chi connectivity index (χ0n) is 27.3. The van der Waals surface area contributed by atoms with Crippen molar-refractivity contribution in [3.05, 3.63) is 72.6 Å². The molecule has 0 bridgehead atoms. The number of carbonyl (C=O) groups is 4. The van der Waals surface area contributed by atoms with Crippen LogP contribution in [-0.2, 0) is 25.6 Å². The van der Waals surface area contributed by atoms with Crippen molar-refractivity contribution in [3.63, 3.8) is 0 Å². The first-order valence-corrected chi connectivity index (χ1v) is 16.8. The molecular formula is C34H40F3N5O6S. The number of aromatic nitrogens is 1. The number of nitrogens with one attached hydrogen (secondary N) is 3. The maximum absolute atomic E-state index is 13.6. The number of hydrogen-bond donors (Lipinski definition) is 4. The molecule has 1 fully saturated rings. The van der Waals surface area contributed by atoms with Gasteiger partial charge in [0.05, 0.1) is 11.9 Å². The molecule has 4 N–H and O–H groups in total. The summed E-state index contributed by atoms with van der Waals surface area (Å²) in [7, 11) is 0. The van der Waals surface area contributed by atoms with Crippen LogP contribution in [0.15, 0.2) is 67.0 Å². The second-order valence-corrected chi connectivity index (χ2v) is 13.7. The van der Waals surface area contributed by atoms with Crippen molar-refractivity contribution in [2.24, 2.45) is 0 Å². The highest BCUT2D eigenvalue weighted by Gasteiger charge is 2.41. The van der Waals surface area contributed by atoms with Crippen LogP contribution in [0.5, 0.6) is 5.75 Å². The van der Waals surface area contributed by atoms with Gasteiger partial charge >= 0.3 is 6.18 Å². The highest BCUT2D eigenvalue weighted by Crippen LogP contribution is 2.26. The van der Waals surface area contributed by atoms with Gasteiger partial charge in [-0.15, -0.1) is 11.8 Å². The smallest absolute Gasteiger partial charge is 0.389 e. The highest BCUT2D eigenvalue weighted by atomic mass is 32.2. The van der Waals surface area contributed by atoms with Crippen LogP contribution in [0, 0.1) is 0 Å². The van der Waals surface area contributed by atoms with E-state index in [1.165, 1.54) is 16.7 Å². The number of rotatable bonds is 13. The fraction of sp³-hybridized carbons (Fsp3) is 0.441. The summed E-state index contributed by atoms with van der Waals surface area (Å²) >= 11 is 1.32. The number of aliphatic hydroxyl groups is 1. The molecule has 3 aromatic rings. The molecule has 4 atom stereocenters. The van der Waals surface area contributed by atoms with Crippen molar-refractivity contribution < 1.29 is 42.2 Å². The summed E-state index contributed by atoms with van der Waals surface area (Å²) in [6.07, 6.45) is -5.61. The van der Waals surface area contributed by atoms with E-state index in [0.29, 0.717) is 22.5 Å². The topological polar surface area (TPSA) is 150 Å². The number of amides is 4. The molecule has 2 aromatic carbocycles. The van der Waals surface area contributed by atoms with Crippen molar-refractivity contribution in [2.45, 2.75) is 76.0 Å². The lowest BCUT2D eigenvalue weighted by Gasteiger charge is -2.32. The number of carbonyl (C=O) groups excluding carboxylic acids is 4. The number of nitrogens with zero attached hydrogens (tertiary/aromatic N) is 2. The van der Waals surface area contributed by atoms with E-state index in [0.717, 1.165) is 5.39 Å². The molecule has 0 spiro atoms. The fourth-order valence-corrected chi connectivity index (χ4v) is 6.40. The lowest BCUT2D eigenvalue weighted by Crippen LogP contribution is -2.59. The Bertz CT molecular complexity index is 1620. The van der Waals surface area contributed by atoms with Gasteiger partial charge in [-0.05, 0) is 51.3 Å². The number of ether oxygens (including phenoxy) is 1. The van der Waals surface area contributed by atoms with Crippen LogP contribution < -0.4 is 20.7 Å². The van der Waals surface area contributed by atoms with Crippen LogP contribution in [0.25, 0.3) is 10.8 Å². The lowest BCUT2D eigenvalue weighted by atomic mass is 9.98. The molecule has 1 aromatic heterocycles. The van der Waals surface area contributed by atoms with Gasteiger partial charge < -0.3 is 30.7 Å². The minimum Gasteiger partial charge on any atom is -0.483 e. The fourth-order valence-electron chi connectivity index (χ4n) is 5.24. The van der Waals surface area contributed by atoms with Gasteiger partial charge in [0.2, 0.25) is 11.8 Å². The van der Waals surface area contributed by atoms with Crippen LogP contribution in [-0.4, -0.2) is 92.8 Å². The molecule has 0 saturated carbocycles. The average Bonchev–Trinajstić information content (AvgIpc) is 3.54. The van der Waals surface area contributed by atoms with E-state index in [4.69, 9.17) is 4.74 Å². The third-order valence-corrected chi connectivity index (χ3v) is 8.61. The molecule has 49 heavy (non-hydrogen) atoms. The first kappa shape index (κ1) is 37.4. The van der Waals surface area contributed by atoms with Gasteiger partial charge in [-0.25, -0.2) is 0 Å². The predicted molar refractivity (Wildman–Crippen MR) is 178 cm³/mol. The van der Waals surface area contributed by atoms with Gasteiger partial charge in [0, 0.05) is 40.9 Å². The number of alkyl halides is 3. The number of fused-ring (bicyclic) bond motifs is 1. The summed E-state index contributed by atoms with van der Waals surface area (Å²) in [5.41, 5.74) is 0.0430. The standard InChI is InChI=1S/C34H40F3N5O6S/c1-33(2,3)41-31(46)26-19-49-20-42(26)32(47)29(44)25(16-21-8-5-4-6-9-21)40-30(45)24(12-14-34(35,36)37)39-28(43)18-48-27-11-7-10-22-17-38-15-13-23(22)27/h4-11,13,15,17,24-26,29,44H,12,14,16,18-20H2,1-3H3,(H,39,43)(H,40,45)(H,41,46)/t24-,25-,26-,29-/m0/s1. The van der Waals surface area contributed by atoms with Crippen LogP contribution >= 0.6 is 11.8 Å². The van der Waals surface area contributed by atoms with E-state index in [1.54, 1.807) is 87.8 Å². The number of thioether (sulfide) groups is 1. The first-order valence-electron chi connectivity index (χ1n) is 15.7. The second-order valence-electron chi connectivity index (χ2n) is 12.7. The van der Waals surface area contributed by atoms with E-state index in [9.17, 15) is 37.5 Å². The first-order chi connectivity index (χ1) is 23.1. The van der Waals surface area contributed by atoms with E-state index in [2.05, 4.69) is 20.9 Å². The Kier molecular flexibility index (Phi) is 12.5. The molecule has 11 nitrogen and oxygen atoms in total. The largest absolute Gasteiger partial charge is 0.483 e. The molecule has 1 aliphatic heterocycles. The van der Waals surface area contributed by atoms with Crippen molar-refractivity contribution >= 4 is 46.2 Å². The van der Waals surface area contributed by atoms with Gasteiger partial charge in [-0.1, -0.05) is 42.5 Å². The summed E-state index contributed by atoms with van der Waals surface area (Å²) in [6.45, 7) is 4.78. The van der Waals surface area contributed by atoms with E-state index in [1.807, 2.05) is 0 Å². The minimum atomic E-state index is -4.63. The van der Waals surface area contributed by atoms with Crippen molar-refractivity contribution in [3.8, 4) is 5.75 Å². The Hall–Kier alpha value is -4.37. The van der Waals surface area contributed by atoms with Gasteiger partial charge in [0.15, 0.2) is 12.7 Å². The SMILES string of the molecule is CC(C)(C)NC(=O)[C@@H]1CSCN1C(=O)[C@@H](O)[C@H](Cc1ccccc1)NC(=O)[C@H](CCC(F)(F)F)NC(=O)COc1cccc2cnccc12. The van der Waals surface area contributed by atoms with Gasteiger partial charge in [0.25, 0.3) is 11.8 Å². The Balaban J connectivity index is 1.51. The molecular weight excluding hydrogens is 663 g/mol. The van der Waals surface area contributed by atoms with E-state index < -0.39 is 79.0 Å². The zero-order chi connectivity index (χ0) is 35.8. The average molecular weight is 704 g/mol. The van der Waals surface area contributed by atoms with E-state index in [-0.39, 0.29) is 12.3 Å². The third kappa shape index (κ3) is 11.1. The number of halogens is 3. The van der Waals surface area contributed by atoms with Crippen molar-refractivity contribution in [2.75, 3.05) is 18.2 Å². The van der Waals surface area contributed by atoms with Crippen LogP contribution in [0.3, 0.4) is 0 Å².